The Labute approximate surface area is 125 Å². The second kappa shape index (κ2) is 6.35. The van der Waals surface area contributed by atoms with E-state index in [2.05, 4.69) is 34.3 Å². The van der Waals surface area contributed by atoms with E-state index in [1.54, 1.807) is 6.20 Å². The molecule has 1 N–H and O–H groups in total. The molecule has 0 saturated heterocycles. The molecular weight excluding hydrogens is 264 g/mol. The Bertz CT molecular complexity index is 595. The van der Waals surface area contributed by atoms with E-state index < -0.39 is 0 Å². The predicted octanol–water partition coefficient (Wildman–Crippen LogP) is 2.94. The molecule has 0 bridgehead atoms. The second-order valence-corrected chi connectivity index (χ2v) is 5.54. The summed E-state index contributed by atoms with van der Waals surface area (Å²) in [6.45, 7) is 5.23. The fourth-order valence-electron chi connectivity index (χ4n) is 3.18. The second-order valence-electron chi connectivity index (χ2n) is 5.54. The summed E-state index contributed by atoms with van der Waals surface area (Å²) in [4.78, 5) is 8.82. The monoisotopic (exact) mass is 286 g/mol. The summed E-state index contributed by atoms with van der Waals surface area (Å²) in [6, 6.07) is 2.43. The van der Waals surface area contributed by atoms with Gasteiger partial charge in [-0.05, 0) is 37.4 Å². The number of hydrogen-bond acceptors (Lipinski definition) is 5. The van der Waals surface area contributed by atoms with Crippen molar-refractivity contribution in [2.45, 2.75) is 51.5 Å². The van der Waals surface area contributed by atoms with Crippen LogP contribution in [0.15, 0.2) is 23.0 Å². The smallest absolute Gasteiger partial charge is 0.231 e. The average Bonchev–Trinajstić information content (AvgIpc) is 3.16. The molecule has 112 valence electrons. The molecule has 2 heterocycles. The molecule has 2 unspecified atom stereocenters. The number of hydrogen-bond donors (Lipinski definition) is 1. The molecule has 5 nitrogen and oxygen atoms in total. The Balaban J connectivity index is 1.86. The van der Waals surface area contributed by atoms with Crippen LogP contribution in [0.4, 0.5) is 0 Å². The van der Waals surface area contributed by atoms with Crippen molar-refractivity contribution in [2.24, 2.45) is 0 Å². The minimum atomic E-state index is 0.345. The van der Waals surface area contributed by atoms with Gasteiger partial charge >= 0.3 is 0 Å². The highest BCUT2D eigenvalue weighted by Gasteiger charge is 2.32. The van der Waals surface area contributed by atoms with Crippen LogP contribution < -0.4 is 5.32 Å². The standard InChI is InChI=1S/C16H22N4O/c1-3-11-10-17-9-8-12(11)15-19-16(21-20-15)13-6-5-7-14(13)18-4-2/h8-10,13-14,18H,3-7H2,1-2H3. The summed E-state index contributed by atoms with van der Waals surface area (Å²) in [7, 11) is 0. The van der Waals surface area contributed by atoms with Gasteiger partial charge in [0, 0.05) is 24.0 Å². The molecule has 1 aliphatic carbocycles. The number of nitrogens with zero attached hydrogens (tertiary/aromatic N) is 3. The van der Waals surface area contributed by atoms with Crippen molar-refractivity contribution in [1.82, 2.24) is 20.4 Å². The van der Waals surface area contributed by atoms with E-state index in [1.807, 2.05) is 12.3 Å². The van der Waals surface area contributed by atoms with Crippen molar-refractivity contribution in [1.29, 1.82) is 0 Å². The van der Waals surface area contributed by atoms with E-state index in [9.17, 15) is 0 Å². The Morgan fingerprint density at radius 2 is 2.24 bits per heavy atom. The topological polar surface area (TPSA) is 63.8 Å². The van der Waals surface area contributed by atoms with Crippen LogP contribution in [0.25, 0.3) is 11.4 Å². The van der Waals surface area contributed by atoms with Crippen molar-refractivity contribution < 1.29 is 4.52 Å². The number of aryl methyl sites for hydroxylation is 1. The molecule has 0 aromatic carbocycles. The molecule has 21 heavy (non-hydrogen) atoms. The SMILES string of the molecule is CCNC1CCCC1c1nc(-c2ccncc2CC)no1. The van der Waals surface area contributed by atoms with Crippen molar-refractivity contribution >= 4 is 0 Å². The molecule has 5 heteroatoms. The molecular formula is C16H22N4O. The summed E-state index contributed by atoms with van der Waals surface area (Å²) in [5.41, 5.74) is 2.18. The van der Waals surface area contributed by atoms with Gasteiger partial charge < -0.3 is 9.84 Å². The molecule has 2 atom stereocenters. The van der Waals surface area contributed by atoms with Crippen molar-refractivity contribution in [2.75, 3.05) is 6.54 Å². The summed E-state index contributed by atoms with van der Waals surface area (Å²) in [5.74, 6) is 1.80. The van der Waals surface area contributed by atoms with Gasteiger partial charge in [-0.3, -0.25) is 4.98 Å². The lowest BCUT2D eigenvalue weighted by atomic mass is 10.0. The summed E-state index contributed by atoms with van der Waals surface area (Å²) >= 11 is 0. The van der Waals surface area contributed by atoms with E-state index in [1.165, 1.54) is 12.8 Å². The van der Waals surface area contributed by atoms with Crippen molar-refractivity contribution in [3.05, 3.63) is 29.9 Å². The highest BCUT2D eigenvalue weighted by Crippen LogP contribution is 2.34. The molecule has 2 aromatic heterocycles. The quantitative estimate of drug-likeness (QED) is 0.915. The van der Waals surface area contributed by atoms with Gasteiger partial charge in [-0.1, -0.05) is 25.4 Å². The zero-order valence-corrected chi connectivity index (χ0v) is 12.7. The number of rotatable bonds is 5. The maximum Gasteiger partial charge on any atom is 0.231 e. The first kappa shape index (κ1) is 14.2. The Kier molecular flexibility index (Phi) is 4.29. The van der Waals surface area contributed by atoms with E-state index >= 15 is 0 Å². The van der Waals surface area contributed by atoms with E-state index in [-0.39, 0.29) is 0 Å². The summed E-state index contributed by atoms with van der Waals surface area (Å²) in [5, 5.41) is 7.72. The lowest BCUT2D eigenvalue weighted by molar-refractivity contribution is 0.332. The number of nitrogens with one attached hydrogen (secondary N) is 1. The van der Waals surface area contributed by atoms with Crippen LogP contribution in [0.2, 0.25) is 0 Å². The van der Waals surface area contributed by atoms with E-state index in [0.717, 1.165) is 36.4 Å². The largest absolute Gasteiger partial charge is 0.339 e. The molecule has 2 aromatic rings. The minimum Gasteiger partial charge on any atom is -0.339 e. The lowest BCUT2D eigenvalue weighted by Crippen LogP contribution is -2.31. The van der Waals surface area contributed by atoms with Crippen LogP contribution in [0, 0.1) is 0 Å². The summed E-state index contributed by atoms with van der Waals surface area (Å²) < 4.78 is 5.56. The molecule has 3 rings (SSSR count). The number of pyridine rings is 1. The van der Waals surface area contributed by atoms with E-state index in [0.29, 0.717) is 17.8 Å². The number of likely N-dealkylation sites (N-methyl/N-ethyl adjacent to an activating group) is 1. The van der Waals surface area contributed by atoms with Gasteiger partial charge in [0.15, 0.2) is 0 Å². The highest BCUT2D eigenvalue weighted by molar-refractivity contribution is 5.58. The fourth-order valence-corrected chi connectivity index (χ4v) is 3.18. The maximum absolute atomic E-state index is 5.56. The molecule has 0 amide bonds. The Morgan fingerprint density at radius 3 is 3.05 bits per heavy atom. The summed E-state index contributed by atoms with van der Waals surface area (Å²) in [6.07, 6.45) is 8.10. The molecule has 1 aliphatic rings. The number of aromatic nitrogens is 3. The van der Waals surface area contributed by atoms with Crippen molar-refractivity contribution in [3.8, 4) is 11.4 Å². The van der Waals surface area contributed by atoms with Gasteiger partial charge in [0.25, 0.3) is 0 Å². The van der Waals surface area contributed by atoms with Gasteiger partial charge in [0.2, 0.25) is 11.7 Å². The Hall–Kier alpha value is -1.75. The molecule has 0 aliphatic heterocycles. The van der Waals surface area contributed by atoms with E-state index in [4.69, 9.17) is 4.52 Å². The average molecular weight is 286 g/mol. The molecule has 0 radical (unpaired) electrons. The van der Waals surface area contributed by atoms with Crippen molar-refractivity contribution in [3.63, 3.8) is 0 Å². The van der Waals surface area contributed by atoms with Gasteiger partial charge in [0.05, 0.1) is 5.92 Å². The third-order valence-corrected chi connectivity index (χ3v) is 4.27. The lowest BCUT2D eigenvalue weighted by Gasteiger charge is -2.16. The first-order valence-corrected chi connectivity index (χ1v) is 7.83. The fraction of sp³-hybridized carbons (Fsp3) is 0.562. The van der Waals surface area contributed by atoms with Gasteiger partial charge in [0.1, 0.15) is 0 Å². The van der Waals surface area contributed by atoms with Gasteiger partial charge in [-0.15, -0.1) is 0 Å². The zero-order chi connectivity index (χ0) is 14.7. The van der Waals surface area contributed by atoms with Gasteiger partial charge in [-0.25, -0.2) is 0 Å². The maximum atomic E-state index is 5.56. The highest BCUT2D eigenvalue weighted by atomic mass is 16.5. The predicted molar refractivity (Wildman–Crippen MR) is 81.0 cm³/mol. The third kappa shape index (κ3) is 2.83. The first-order chi connectivity index (χ1) is 10.3. The van der Waals surface area contributed by atoms with Crippen LogP contribution in [-0.4, -0.2) is 27.7 Å². The van der Waals surface area contributed by atoms with Crippen LogP contribution in [0.1, 0.15) is 50.5 Å². The molecule has 1 saturated carbocycles. The Morgan fingerprint density at radius 1 is 1.33 bits per heavy atom. The zero-order valence-electron chi connectivity index (χ0n) is 12.7. The van der Waals surface area contributed by atoms with Crippen LogP contribution >= 0.6 is 0 Å². The van der Waals surface area contributed by atoms with Crippen LogP contribution in [0.5, 0.6) is 0 Å². The molecule has 0 spiro atoms. The van der Waals surface area contributed by atoms with Crippen LogP contribution in [-0.2, 0) is 6.42 Å². The third-order valence-electron chi connectivity index (χ3n) is 4.27. The minimum absolute atomic E-state index is 0.345. The first-order valence-electron chi connectivity index (χ1n) is 7.83. The van der Waals surface area contributed by atoms with Crippen LogP contribution in [0.3, 0.4) is 0 Å². The van der Waals surface area contributed by atoms with Gasteiger partial charge in [-0.2, -0.15) is 4.98 Å². The molecule has 1 fully saturated rings. The normalized spacial score (nSPS) is 21.8.